The summed E-state index contributed by atoms with van der Waals surface area (Å²) in [7, 11) is 0. The average Bonchev–Trinajstić information content (AvgIpc) is 2.76. The maximum Gasteiger partial charge on any atom is 0.261 e. The highest BCUT2D eigenvalue weighted by molar-refractivity contribution is 9.10. The molecule has 2 aromatic rings. The van der Waals surface area contributed by atoms with Gasteiger partial charge in [0.2, 0.25) is 5.91 Å². The second-order valence-corrected chi connectivity index (χ2v) is 6.18. The van der Waals surface area contributed by atoms with Crippen molar-refractivity contribution in [1.29, 1.82) is 0 Å². The van der Waals surface area contributed by atoms with Gasteiger partial charge in [-0.25, -0.2) is 4.39 Å². The van der Waals surface area contributed by atoms with E-state index in [0.29, 0.717) is 21.3 Å². The number of fused-ring (bicyclic) bond motifs is 1. The quantitative estimate of drug-likeness (QED) is 0.815. The molecule has 2 aromatic carbocycles. The zero-order chi connectivity index (χ0) is 17.3. The number of carbonyl (C=O) groups excluding carboxylic acids is 3. The number of halogens is 2. The van der Waals surface area contributed by atoms with E-state index in [1.54, 1.807) is 24.3 Å². The number of anilines is 1. The second-order valence-electron chi connectivity index (χ2n) is 5.26. The van der Waals surface area contributed by atoms with Gasteiger partial charge in [0.15, 0.2) is 0 Å². The first-order chi connectivity index (χ1) is 11.5. The molecule has 1 N–H and O–H groups in total. The van der Waals surface area contributed by atoms with Gasteiger partial charge in [0.1, 0.15) is 5.82 Å². The molecule has 0 saturated carbocycles. The Bertz CT molecular complexity index is 853. The lowest BCUT2D eigenvalue weighted by molar-refractivity contribution is -0.116. The van der Waals surface area contributed by atoms with Crippen molar-refractivity contribution in [3.05, 3.63) is 63.9 Å². The first-order valence-corrected chi connectivity index (χ1v) is 7.96. The normalized spacial score (nSPS) is 13.2. The van der Waals surface area contributed by atoms with E-state index in [-0.39, 0.29) is 13.0 Å². The number of nitrogens with zero attached hydrogens (tertiary/aromatic N) is 1. The van der Waals surface area contributed by atoms with E-state index in [9.17, 15) is 18.8 Å². The zero-order valence-electron chi connectivity index (χ0n) is 12.4. The molecule has 122 valence electrons. The molecule has 0 bridgehead atoms. The van der Waals surface area contributed by atoms with Crippen LogP contribution in [0.25, 0.3) is 0 Å². The van der Waals surface area contributed by atoms with Crippen molar-refractivity contribution >= 4 is 39.3 Å². The fourth-order valence-corrected chi connectivity index (χ4v) is 2.83. The fourth-order valence-electron chi connectivity index (χ4n) is 2.47. The summed E-state index contributed by atoms with van der Waals surface area (Å²) in [6.07, 6.45) is -0.0663. The molecular formula is C17H12BrFN2O3. The highest BCUT2D eigenvalue weighted by Crippen LogP contribution is 2.26. The van der Waals surface area contributed by atoms with Crippen LogP contribution in [0.15, 0.2) is 46.9 Å². The molecule has 0 aliphatic carbocycles. The smallest absolute Gasteiger partial charge is 0.261 e. The molecule has 3 rings (SSSR count). The molecule has 0 spiro atoms. The SMILES string of the molecule is O=C(CCN1C(=O)c2ccc(Br)cc2C1=O)Nc1cccc(F)c1. The Hall–Kier alpha value is -2.54. The van der Waals surface area contributed by atoms with Crippen LogP contribution in [-0.2, 0) is 4.79 Å². The van der Waals surface area contributed by atoms with Crippen molar-refractivity contribution in [3.63, 3.8) is 0 Å². The summed E-state index contributed by atoms with van der Waals surface area (Å²) >= 11 is 3.26. The molecule has 0 fully saturated rings. The molecule has 7 heteroatoms. The fraction of sp³-hybridized carbons (Fsp3) is 0.118. The third kappa shape index (κ3) is 3.21. The summed E-state index contributed by atoms with van der Waals surface area (Å²) in [5, 5.41) is 2.53. The third-order valence-electron chi connectivity index (χ3n) is 3.60. The number of benzene rings is 2. The third-order valence-corrected chi connectivity index (χ3v) is 4.10. The van der Waals surface area contributed by atoms with E-state index in [4.69, 9.17) is 0 Å². The van der Waals surface area contributed by atoms with Crippen LogP contribution in [0.3, 0.4) is 0 Å². The van der Waals surface area contributed by atoms with Gasteiger partial charge in [0.25, 0.3) is 11.8 Å². The minimum Gasteiger partial charge on any atom is -0.326 e. The molecule has 5 nitrogen and oxygen atoms in total. The van der Waals surface area contributed by atoms with Gasteiger partial charge in [-0.1, -0.05) is 22.0 Å². The summed E-state index contributed by atoms with van der Waals surface area (Å²) in [5.74, 6) is -1.70. The van der Waals surface area contributed by atoms with Gasteiger partial charge < -0.3 is 5.32 Å². The van der Waals surface area contributed by atoms with Crippen molar-refractivity contribution in [2.75, 3.05) is 11.9 Å². The number of nitrogens with one attached hydrogen (secondary N) is 1. The lowest BCUT2D eigenvalue weighted by atomic mass is 10.1. The second kappa shape index (κ2) is 6.52. The van der Waals surface area contributed by atoms with Crippen LogP contribution < -0.4 is 5.32 Å². The van der Waals surface area contributed by atoms with E-state index in [1.165, 1.54) is 18.2 Å². The molecule has 1 heterocycles. The van der Waals surface area contributed by atoms with Crippen LogP contribution in [0, 0.1) is 5.82 Å². The molecule has 1 aliphatic rings. The number of rotatable bonds is 4. The van der Waals surface area contributed by atoms with Gasteiger partial charge in [0.05, 0.1) is 11.1 Å². The molecule has 0 saturated heterocycles. The highest BCUT2D eigenvalue weighted by atomic mass is 79.9. The lowest BCUT2D eigenvalue weighted by Crippen LogP contribution is -2.32. The first kappa shape index (κ1) is 16.3. The minimum atomic E-state index is -0.460. The van der Waals surface area contributed by atoms with E-state index < -0.39 is 23.5 Å². The van der Waals surface area contributed by atoms with E-state index >= 15 is 0 Å². The maximum atomic E-state index is 13.1. The monoisotopic (exact) mass is 390 g/mol. The molecule has 0 unspecified atom stereocenters. The average molecular weight is 391 g/mol. The summed E-state index contributed by atoms with van der Waals surface area (Å²) in [4.78, 5) is 37.5. The Labute approximate surface area is 145 Å². The van der Waals surface area contributed by atoms with Crippen LogP contribution in [0.5, 0.6) is 0 Å². The van der Waals surface area contributed by atoms with Crippen molar-refractivity contribution in [2.45, 2.75) is 6.42 Å². The number of imide groups is 1. The van der Waals surface area contributed by atoms with E-state index in [0.717, 1.165) is 4.90 Å². The largest absolute Gasteiger partial charge is 0.326 e. The summed E-state index contributed by atoms with van der Waals surface area (Å²) in [6, 6.07) is 10.3. The van der Waals surface area contributed by atoms with Crippen LogP contribution >= 0.6 is 15.9 Å². The Morgan fingerprint density at radius 1 is 1.08 bits per heavy atom. The topological polar surface area (TPSA) is 66.5 Å². The summed E-state index contributed by atoms with van der Waals surface area (Å²) in [6.45, 7) is -0.0366. The first-order valence-electron chi connectivity index (χ1n) is 7.17. The van der Waals surface area contributed by atoms with Gasteiger partial charge in [-0.15, -0.1) is 0 Å². The summed E-state index contributed by atoms with van der Waals surface area (Å²) in [5.41, 5.74) is 0.972. The highest BCUT2D eigenvalue weighted by Gasteiger charge is 2.35. The van der Waals surface area contributed by atoms with Gasteiger partial charge in [-0.3, -0.25) is 19.3 Å². The Kier molecular flexibility index (Phi) is 4.44. The lowest BCUT2D eigenvalue weighted by Gasteiger charge is -2.13. The van der Waals surface area contributed by atoms with Crippen LogP contribution in [0.4, 0.5) is 10.1 Å². The van der Waals surface area contributed by atoms with Crippen LogP contribution in [0.1, 0.15) is 27.1 Å². The predicted octanol–water partition coefficient (Wildman–Crippen LogP) is 3.21. The van der Waals surface area contributed by atoms with Crippen molar-refractivity contribution < 1.29 is 18.8 Å². The van der Waals surface area contributed by atoms with Crippen molar-refractivity contribution in [2.24, 2.45) is 0 Å². The number of hydrogen-bond acceptors (Lipinski definition) is 3. The van der Waals surface area contributed by atoms with Gasteiger partial charge in [0, 0.05) is 23.1 Å². The molecule has 24 heavy (non-hydrogen) atoms. The number of amides is 3. The molecular weight excluding hydrogens is 379 g/mol. The van der Waals surface area contributed by atoms with Crippen molar-refractivity contribution in [1.82, 2.24) is 4.90 Å². The predicted molar refractivity (Wildman–Crippen MR) is 89.2 cm³/mol. The van der Waals surface area contributed by atoms with Gasteiger partial charge >= 0.3 is 0 Å². The molecule has 3 amide bonds. The van der Waals surface area contributed by atoms with E-state index in [1.807, 2.05) is 0 Å². The Balaban J connectivity index is 1.64. The van der Waals surface area contributed by atoms with E-state index in [2.05, 4.69) is 21.2 Å². The Morgan fingerprint density at radius 3 is 2.58 bits per heavy atom. The van der Waals surface area contributed by atoms with Crippen LogP contribution in [-0.4, -0.2) is 29.2 Å². The standard InChI is InChI=1S/C17H12BrFN2O3/c18-10-4-5-13-14(8-10)17(24)21(16(13)23)7-6-15(22)20-12-3-1-2-11(19)9-12/h1-5,8-9H,6-7H2,(H,20,22). The van der Waals surface area contributed by atoms with Gasteiger partial charge in [-0.05, 0) is 36.4 Å². The number of hydrogen-bond donors (Lipinski definition) is 1. The molecule has 0 radical (unpaired) electrons. The zero-order valence-corrected chi connectivity index (χ0v) is 14.0. The molecule has 1 aliphatic heterocycles. The molecule has 0 atom stereocenters. The number of carbonyl (C=O) groups is 3. The molecule has 0 aromatic heterocycles. The summed E-state index contributed by atoms with van der Waals surface area (Å²) < 4.78 is 13.8. The van der Waals surface area contributed by atoms with Gasteiger partial charge in [-0.2, -0.15) is 0 Å². The minimum absolute atomic E-state index is 0.0366. The van der Waals surface area contributed by atoms with Crippen molar-refractivity contribution in [3.8, 4) is 0 Å². The van der Waals surface area contributed by atoms with Crippen LogP contribution in [0.2, 0.25) is 0 Å². The Morgan fingerprint density at radius 2 is 1.83 bits per heavy atom. The maximum absolute atomic E-state index is 13.1.